The predicted octanol–water partition coefficient (Wildman–Crippen LogP) is 6.27. The number of hydrogen-bond donors (Lipinski definition) is 5. The van der Waals surface area contributed by atoms with Gasteiger partial charge in [-0.3, -0.25) is 9.27 Å². The smallest absolute Gasteiger partial charge is 0.259 e. The van der Waals surface area contributed by atoms with E-state index in [0.29, 0.717) is 11.3 Å². The number of nitrogens with two attached hydrogens (primary N) is 3. The number of rotatable bonds is 7. The number of aryl methyl sites for hydroxylation is 2. The summed E-state index contributed by atoms with van der Waals surface area (Å²) in [6.07, 6.45) is 0. The van der Waals surface area contributed by atoms with E-state index in [4.69, 9.17) is 16.6 Å². The van der Waals surface area contributed by atoms with Gasteiger partial charge >= 0.3 is 0 Å². The first-order chi connectivity index (χ1) is 20.1. The summed E-state index contributed by atoms with van der Waals surface area (Å²) in [6, 6.07) is 18.9. The average Bonchev–Trinajstić information content (AvgIpc) is 3.20. The number of primary sulfonamides is 1. The largest absolute Gasteiger partial charge is 0.398 e. The van der Waals surface area contributed by atoms with Gasteiger partial charge < -0.3 is 11.5 Å². The summed E-state index contributed by atoms with van der Waals surface area (Å²) < 4.78 is 48.9. The molecule has 226 valence electrons. The van der Waals surface area contributed by atoms with Gasteiger partial charge in [0.25, 0.3) is 11.3 Å². The average molecular weight is 619 g/mol. The minimum absolute atomic E-state index is 0.0233. The van der Waals surface area contributed by atoms with Crippen molar-refractivity contribution < 1.29 is 17.2 Å². The van der Waals surface area contributed by atoms with Crippen molar-refractivity contribution in [3.8, 4) is 11.1 Å². The first kappa shape index (κ1) is 30.7. The third kappa shape index (κ3) is 5.02. The third-order valence-corrected chi connectivity index (χ3v) is 9.91. The summed E-state index contributed by atoms with van der Waals surface area (Å²) in [4.78, 5) is -0.0233. The molecule has 10 heteroatoms. The molecule has 0 bridgehead atoms. The fourth-order valence-corrected chi connectivity index (χ4v) is 7.35. The Bertz CT molecular complexity index is 1850. The van der Waals surface area contributed by atoms with Crippen molar-refractivity contribution in [3.63, 3.8) is 0 Å². The lowest BCUT2D eigenvalue weighted by Gasteiger charge is -2.36. The van der Waals surface area contributed by atoms with Crippen LogP contribution in [0.25, 0.3) is 11.1 Å². The molecule has 1 unspecified atom stereocenters. The second-order valence-corrected chi connectivity index (χ2v) is 14.3. The van der Waals surface area contributed by atoms with E-state index in [1.807, 2.05) is 26.0 Å². The third-order valence-electron chi connectivity index (χ3n) is 8.59. The van der Waals surface area contributed by atoms with E-state index in [-0.39, 0.29) is 16.7 Å². The molecule has 8 nitrogen and oxygen atoms in total. The highest BCUT2D eigenvalue weighted by Gasteiger charge is 2.47. The van der Waals surface area contributed by atoms with Crippen LogP contribution in [0.2, 0.25) is 0 Å². The van der Waals surface area contributed by atoms with Crippen molar-refractivity contribution in [2.75, 3.05) is 16.2 Å². The Morgan fingerprint density at radius 1 is 0.767 bits per heavy atom. The highest BCUT2D eigenvalue weighted by atomic mass is 32.2. The molecule has 0 aromatic heterocycles. The van der Waals surface area contributed by atoms with Gasteiger partial charge in [0.2, 0.25) is 10.0 Å². The van der Waals surface area contributed by atoms with Crippen LogP contribution in [0.4, 0.5) is 17.1 Å². The first-order valence-corrected chi connectivity index (χ1v) is 16.7. The zero-order valence-corrected chi connectivity index (χ0v) is 26.8. The molecular formula is C33H38N4O4S2. The van der Waals surface area contributed by atoms with Gasteiger partial charge in [0.1, 0.15) is 0 Å². The molecule has 0 amide bonds. The molecule has 0 fully saturated rings. The molecule has 0 saturated heterocycles. The molecule has 1 aliphatic rings. The monoisotopic (exact) mass is 618 g/mol. The molecule has 0 spiro atoms. The Labute approximate surface area is 256 Å². The summed E-state index contributed by atoms with van der Waals surface area (Å²) in [6.45, 7) is 12.4. The number of sulfonamides is 1. The maximum absolute atomic E-state index is 12.5. The van der Waals surface area contributed by atoms with E-state index in [0.717, 1.165) is 61.4 Å². The van der Waals surface area contributed by atoms with E-state index in [2.05, 4.69) is 56.7 Å². The lowest BCUT2D eigenvalue weighted by Crippen LogP contribution is -2.30. The maximum atomic E-state index is 12.5. The molecule has 43 heavy (non-hydrogen) atoms. The van der Waals surface area contributed by atoms with Crippen molar-refractivity contribution >= 4 is 38.4 Å². The van der Waals surface area contributed by atoms with Gasteiger partial charge in [-0.2, -0.15) is 0 Å². The van der Waals surface area contributed by atoms with Crippen LogP contribution in [0.15, 0.2) is 65.6 Å². The summed E-state index contributed by atoms with van der Waals surface area (Å²) in [5.41, 5.74) is 23.1. The van der Waals surface area contributed by atoms with Gasteiger partial charge in [-0.25, -0.2) is 17.8 Å². The van der Waals surface area contributed by atoms with Crippen LogP contribution in [-0.4, -0.2) is 17.2 Å². The molecule has 0 saturated carbocycles. The molecule has 1 atom stereocenters. The van der Waals surface area contributed by atoms with Crippen molar-refractivity contribution in [1.82, 2.24) is 0 Å². The number of anilines is 3. The molecule has 0 heterocycles. The van der Waals surface area contributed by atoms with E-state index in [9.17, 15) is 17.2 Å². The minimum atomic E-state index is -4.02. The van der Waals surface area contributed by atoms with Crippen LogP contribution in [0.1, 0.15) is 84.0 Å². The lowest BCUT2D eigenvalue weighted by molar-refractivity contribution is 0.570. The van der Waals surface area contributed by atoms with Crippen molar-refractivity contribution in [2.24, 2.45) is 5.14 Å². The van der Waals surface area contributed by atoms with Crippen molar-refractivity contribution in [1.29, 1.82) is 0 Å². The number of nitrogen functional groups attached to an aromatic ring is 2. The van der Waals surface area contributed by atoms with E-state index in [1.165, 1.54) is 6.07 Å². The topological polar surface area (TPSA) is 162 Å². The van der Waals surface area contributed by atoms with Crippen LogP contribution in [0.5, 0.6) is 0 Å². The SMILES string of the molecule is Cc1cc(C2(c3cc(C)c(N)c(C(C)C)c3)c3ccc(NS(=O)O)cc3-c3cc(S(N)(=O)=O)ccc32)cc(C(C)C)c1N. The van der Waals surface area contributed by atoms with Gasteiger partial charge in [0.15, 0.2) is 0 Å². The second-order valence-electron chi connectivity index (χ2n) is 12.0. The lowest BCUT2D eigenvalue weighted by atomic mass is 9.66. The van der Waals surface area contributed by atoms with Gasteiger partial charge in [-0.15, -0.1) is 0 Å². The normalized spacial score (nSPS) is 14.6. The van der Waals surface area contributed by atoms with Crippen LogP contribution < -0.4 is 21.3 Å². The van der Waals surface area contributed by atoms with Crippen molar-refractivity contribution in [3.05, 3.63) is 105 Å². The Hall–Kier alpha value is -3.70. The van der Waals surface area contributed by atoms with Crippen molar-refractivity contribution in [2.45, 2.75) is 63.7 Å². The highest BCUT2D eigenvalue weighted by Crippen LogP contribution is 2.58. The highest BCUT2D eigenvalue weighted by molar-refractivity contribution is 7.89. The molecular weight excluding hydrogens is 581 g/mol. The molecule has 5 rings (SSSR count). The molecule has 8 N–H and O–H groups in total. The van der Waals surface area contributed by atoms with Gasteiger partial charge in [-0.05, 0) is 106 Å². The fourth-order valence-electron chi connectivity index (χ4n) is 6.48. The molecule has 0 radical (unpaired) electrons. The van der Waals surface area contributed by atoms with Gasteiger partial charge in [0, 0.05) is 17.1 Å². The van der Waals surface area contributed by atoms with E-state index >= 15 is 0 Å². The Morgan fingerprint density at radius 3 is 1.67 bits per heavy atom. The molecule has 1 aliphatic carbocycles. The fraction of sp³-hybridized carbons (Fsp3) is 0.273. The van der Waals surface area contributed by atoms with Crippen LogP contribution in [0, 0.1) is 13.8 Å². The maximum Gasteiger partial charge on any atom is 0.259 e. The van der Waals surface area contributed by atoms with Crippen LogP contribution in [-0.2, 0) is 26.7 Å². The Balaban J connectivity index is 2.03. The molecule has 0 aliphatic heterocycles. The standard InChI is InChI=1S/C33H38N4O4S2/c1-17(2)25-13-21(11-19(5)31(25)34)33(22-12-20(6)32(35)26(14-22)18(3)4)29-9-7-23(37-42(38)39)15-27(29)28-16-24(43(36,40)41)8-10-30(28)33/h7-18,37H,34-35H2,1-6H3,(H,38,39)(H2,36,40,41). The van der Waals surface area contributed by atoms with Gasteiger partial charge in [0.05, 0.1) is 10.3 Å². The first-order valence-electron chi connectivity index (χ1n) is 14.1. The summed E-state index contributed by atoms with van der Waals surface area (Å²) in [7, 11) is -4.02. The number of benzene rings is 4. The summed E-state index contributed by atoms with van der Waals surface area (Å²) in [5.74, 6) is 0.289. The molecule has 4 aromatic carbocycles. The second kappa shape index (κ2) is 10.8. The number of nitrogens with one attached hydrogen (secondary N) is 1. The molecule has 4 aromatic rings. The summed E-state index contributed by atoms with van der Waals surface area (Å²) >= 11 is -2.30. The van der Waals surface area contributed by atoms with E-state index in [1.54, 1.807) is 18.2 Å². The zero-order chi connectivity index (χ0) is 31.6. The Kier molecular flexibility index (Phi) is 7.71. The van der Waals surface area contributed by atoms with Gasteiger partial charge in [-0.1, -0.05) is 64.1 Å². The zero-order valence-electron chi connectivity index (χ0n) is 25.1. The van der Waals surface area contributed by atoms with Crippen LogP contribution >= 0.6 is 0 Å². The van der Waals surface area contributed by atoms with E-state index < -0.39 is 26.7 Å². The summed E-state index contributed by atoms with van der Waals surface area (Å²) in [5, 5.41) is 5.59. The predicted molar refractivity (Wildman–Crippen MR) is 176 cm³/mol. The minimum Gasteiger partial charge on any atom is -0.398 e. The van der Waals surface area contributed by atoms with Crippen LogP contribution in [0.3, 0.4) is 0 Å². The number of fused-ring (bicyclic) bond motifs is 3. The quantitative estimate of drug-likeness (QED) is 0.107. The number of hydrogen-bond acceptors (Lipinski definition) is 5. The Morgan fingerprint density at radius 2 is 1.23 bits per heavy atom.